The number of aromatic nitrogens is 1. The molecule has 4 nitrogen and oxygen atoms in total. The molecule has 2 aromatic rings. The van der Waals surface area contributed by atoms with Gasteiger partial charge in [0.05, 0.1) is 5.52 Å². The highest BCUT2D eigenvalue weighted by molar-refractivity contribution is 7.07. The molecule has 1 aromatic heterocycles. The summed E-state index contributed by atoms with van der Waals surface area (Å²) in [5.74, 6) is 0.673. The van der Waals surface area contributed by atoms with E-state index >= 15 is 0 Å². The fourth-order valence-electron chi connectivity index (χ4n) is 3.99. The Kier molecular flexibility index (Phi) is 3.42. The predicted octanol–water partition coefficient (Wildman–Crippen LogP) is 2.82. The number of rotatable bonds is 2. The zero-order valence-corrected chi connectivity index (χ0v) is 13.8. The first kappa shape index (κ1) is 14.2. The van der Waals surface area contributed by atoms with Crippen LogP contribution in [-0.4, -0.2) is 40.4 Å². The lowest BCUT2D eigenvalue weighted by atomic mass is 9.79. The van der Waals surface area contributed by atoms with Crippen molar-refractivity contribution in [2.45, 2.75) is 38.8 Å². The molecular weight excluding hydrogens is 294 g/mol. The Morgan fingerprint density at radius 2 is 2.14 bits per heavy atom. The Hall–Kier alpha value is -1.46. The molecule has 2 atom stereocenters. The first-order valence-corrected chi connectivity index (χ1v) is 8.82. The highest BCUT2D eigenvalue weighted by Crippen LogP contribution is 2.32. The second kappa shape index (κ2) is 5.32. The summed E-state index contributed by atoms with van der Waals surface area (Å²) < 4.78 is 4.41. The summed E-state index contributed by atoms with van der Waals surface area (Å²) in [5, 5.41) is 4.43. The minimum atomic E-state index is 0.0400. The van der Waals surface area contributed by atoms with Crippen molar-refractivity contribution >= 4 is 28.3 Å². The number of fused-ring (bicyclic) bond motifs is 4. The Bertz CT molecular complexity index is 716. The fourth-order valence-corrected chi connectivity index (χ4v) is 4.65. The van der Waals surface area contributed by atoms with Crippen molar-refractivity contribution in [3.8, 4) is 0 Å². The van der Waals surface area contributed by atoms with Crippen molar-refractivity contribution in [2.24, 2.45) is 5.92 Å². The molecule has 0 aliphatic carbocycles. The van der Waals surface area contributed by atoms with E-state index in [1.54, 1.807) is 0 Å². The zero-order valence-electron chi connectivity index (χ0n) is 13.0. The molecule has 3 aliphatic heterocycles. The third-order valence-electron chi connectivity index (χ3n) is 5.40. The lowest BCUT2D eigenvalue weighted by molar-refractivity contribution is 0.0217. The van der Waals surface area contributed by atoms with Gasteiger partial charge in [0.2, 0.25) is 0 Å². The second-order valence-electron chi connectivity index (χ2n) is 6.58. The van der Waals surface area contributed by atoms with E-state index in [0.29, 0.717) is 12.0 Å². The molecule has 116 valence electrons. The number of nitrogens with one attached hydrogen (secondary N) is 1. The van der Waals surface area contributed by atoms with Gasteiger partial charge in [0, 0.05) is 27.9 Å². The van der Waals surface area contributed by atoms with Crippen molar-refractivity contribution in [2.75, 3.05) is 13.1 Å². The maximum Gasteiger partial charge on any atom is 0.251 e. The molecule has 1 N–H and O–H groups in total. The largest absolute Gasteiger partial charge is 0.347 e. The molecule has 3 fully saturated rings. The van der Waals surface area contributed by atoms with E-state index in [-0.39, 0.29) is 11.9 Å². The summed E-state index contributed by atoms with van der Waals surface area (Å²) >= 11 is 1.50. The van der Waals surface area contributed by atoms with Crippen LogP contribution >= 0.6 is 11.5 Å². The van der Waals surface area contributed by atoms with Crippen LogP contribution in [0.25, 0.3) is 10.9 Å². The standard InChI is InChI=1S/C17H21N3OS/c1-10-16(12-5-7-20(10)8-6-12)18-17(21)13-3-4-14-11(2)22-19-15(14)9-13/h3-4,9-10,12,16H,5-8H2,1-2H3,(H,18,21)/t10-,16-/m0/s1. The summed E-state index contributed by atoms with van der Waals surface area (Å²) in [6.07, 6.45) is 2.42. The van der Waals surface area contributed by atoms with Crippen molar-refractivity contribution in [3.05, 3.63) is 28.6 Å². The average molecular weight is 315 g/mol. The smallest absolute Gasteiger partial charge is 0.251 e. The molecule has 0 saturated carbocycles. The number of piperidine rings is 3. The average Bonchev–Trinajstić information content (AvgIpc) is 2.92. The van der Waals surface area contributed by atoms with E-state index in [1.165, 1.54) is 42.3 Å². The van der Waals surface area contributed by atoms with E-state index < -0.39 is 0 Å². The quantitative estimate of drug-likeness (QED) is 0.927. The topological polar surface area (TPSA) is 45.2 Å². The minimum absolute atomic E-state index is 0.0400. The fraction of sp³-hybridized carbons (Fsp3) is 0.529. The Morgan fingerprint density at radius 3 is 2.86 bits per heavy atom. The van der Waals surface area contributed by atoms with Crippen LogP contribution in [0, 0.1) is 12.8 Å². The van der Waals surface area contributed by atoms with Gasteiger partial charge in [-0.2, -0.15) is 4.37 Å². The van der Waals surface area contributed by atoms with E-state index in [9.17, 15) is 4.79 Å². The van der Waals surface area contributed by atoms with Gasteiger partial charge in [0.1, 0.15) is 0 Å². The van der Waals surface area contributed by atoms with Crippen LogP contribution in [0.4, 0.5) is 0 Å². The molecule has 1 aromatic carbocycles. The lowest BCUT2D eigenvalue weighted by Crippen LogP contribution is -2.62. The SMILES string of the molecule is Cc1snc2cc(C(=O)N[C@@H]3C4CCN(CC4)[C@H]3C)ccc12. The van der Waals surface area contributed by atoms with E-state index in [1.807, 2.05) is 18.2 Å². The number of aryl methyl sites for hydroxylation is 1. The van der Waals surface area contributed by atoms with Crippen LogP contribution in [0.15, 0.2) is 18.2 Å². The first-order valence-electron chi connectivity index (χ1n) is 8.04. The molecule has 0 radical (unpaired) electrons. The zero-order chi connectivity index (χ0) is 15.3. The molecule has 5 heteroatoms. The van der Waals surface area contributed by atoms with Gasteiger partial charge in [-0.3, -0.25) is 9.69 Å². The maximum absolute atomic E-state index is 12.6. The van der Waals surface area contributed by atoms with Crippen molar-refractivity contribution in [3.63, 3.8) is 0 Å². The Labute approximate surface area is 134 Å². The van der Waals surface area contributed by atoms with Crippen LogP contribution < -0.4 is 5.32 Å². The van der Waals surface area contributed by atoms with Crippen LogP contribution in [0.2, 0.25) is 0 Å². The van der Waals surface area contributed by atoms with Gasteiger partial charge in [0.25, 0.3) is 5.91 Å². The third kappa shape index (κ3) is 2.23. The van der Waals surface area contributed by atoms with Crippen molar-refractivity contribution in [1.82, 2.24) is 14.6 Å². The van der Waals surface area contributed by atoms with Crippen molar-refractivity contribution < 1.29 is 4.79 Å². The number of amides is 1. The number of hydrogen-bond acceptors (Lipinski definition) is 4. The first-order chi connectivity index (χ1) is 10.6. The molecular formula is C17H21N3OS. The molecule has 1 amide bonds. The molecule has 2 bridgehead atoms. The highest BCUT2D eigenvalue weighted by atomic mass is 32.1. The molecule has 4 heterocycles. The monoisotopic (exact) mass is 315 g/mol. The summed E-state index contributed by atoms with van der Waals surface area (Å²) in [5.41, 5.74) is 1.65. The van der Waals surface area contributed by atoms with Gasteiger partial charge in [-0.1, -0.05) is 6.07 Å². The molecule has 22 heavy (non-hydrogen) atoms. The second-order valence-corrected chi connectivity index (χ2v) is 7.56. The van der Waals surface area contributed by atoms with Gasteiger partial charge in [-0.25, -0.2) is 0 Å². The van der Waals surface area contributed by atoms with Crippen molar-refractivity contribution in [1.29, 1.82) is 0 Å². The van der Waals surface area contributed by atoms with E-state index in [2.05, 4.69) is 28.4 Å². The van der Waals surface area contributed by atoms with E-state index in [0.717, 1.165) is 16.5 Å². The molecule has 3 saturated heterocycles. The van der Waals surface area contributed by atoms with Gasteiger partial charge in [-0.05, 0) is 69.4 Å². The van der Waals surface area contributed by atoms with Gasteiger partial charge in [0.15, 0.2) is 0 Å². The molecule has 0 spiro atoms. The third-order valence-corrected chi connectivity index (χ3v) is 6.18. The summed E-state index contributed by atoms with van der Waals surface area (Å²) in [6.45, 7) is 6.67. The van der Waals surface area contributed by atoms with Gasteiger partial charge >= 0.3 is 0 Å². The van der Waals surface area contributed by atoms with Crippen LogP contribution in [0.3, 0.4) is 0 Å². The number of nitrogens with zero attached hydrogens (tertiary/aromatic N) is 2. The lowest BCUT2D eigenvalue weighted by Gasteiger charge is -2.49. The van der Waals surface area contributed by atoms with Crippen LogP contribution in [0.1, 0.15) is 35.0 Å². The van der Waals surface area contributed by atoms with E-state index in [4.69, 9.17) is 0 Å². The molecule has 0 unspecified atom stereocenters. The summed E-state index contributed by atoms with van der Waals surface area (Å²) in [7, 11) is 0. The number of hydrogen-bond donors (Lipinski definition) is 1. The molecule has 3 aliphatic rings. The normalized spacial score (nSPS) is 30.6. The van der Waals surface area contributed by atoms with Crippen LogP contribution in [0.5, 0.6) is 0 Å². The minimum Gasteiger partial charge on any atom is -0.347 e. The Morgan fingerprint density at radius 1 is 1.36 bits per heavy atom. The Balaban J connectivity index is 1.55. The maximum atomic E-state index is 12.6. The van der Waals surface area contributed by atoms with Gasteiger partial charge < -0.3 is 5.32 Å². The predicted molar refractivity (Wildman–Crippen MR) is 89.4 cm³/mol. The molecule has 5 rings (SSSR count). The number of carbonyl (C=O) groups excluding carboxylic acids is 1. The number of carbonyl (C=O) groups is 1. The highest BCUT2D eigenvalue weighted by Gasteiger charge is 2.40. The number of benzene rings is 1. The summed E-state index contributed by atoms with van der Waals surface area (Å²) in [6, 6.07) is 6.58. The summed E-state index contributed by atoms with van der Waals surface area (Å²) in [4.78, 5) is 16.3. The van der Waals surface area contributed by atoms with Gasteiger partial charge in [-0.15, -0.1) is 0 Å². The van der Waals surface area contributed by atoms with Crippen LogP contribution in [-0.2, 0) is 0 Å².